The molecule has 1 aliphatic rings. The van der Waals surface area contributed by atoms with E-state index in [0.717, 1.165) is 16.8 Å². The van der Waals surface area contributed by atoms with Gasteiger partial charge in [0.05, 0.1) is 0 Å². The smallest absolute Gasteiger partial charge is 0.274 e. The number of aryl methyl sites for hydroxylation is 1. The number of benzene rings is 2. The van der Waals surface area contributed by atoms with Gasteiger partial charge >= 0.3 is 0 Å². The molecule has 3 aromatic rings. The highest BCUT2D eigenvalue weighted by Crippen LogP contribution is 2.24. The van der Waals surface area contributed by atoms with Crippen LogP contribution < -0.4 is 0 Å². The highest BCUT2D eigenvalue weighted by Gasteiger charge is 2.31. The van der Waals surface area contributed by atoms with Crippen LogP contribution in [0.1, 0.15) is 41.5 Å². The summed E-state index contributed by atoms with van der Waals surface area (Å²) in [6, 6.07) is 19.9. The molecular weight excluding hydrogens is 400 g/mol. The van der Waals surface area contributed by atoms with Gasteiger partial charge in [-0.05, 0) is 32.3 Å². The first kappa shape index (κ1) is 21.8. The van der Waals surface area contributed by atoms with Gasteiger partial charge in [-0.2, -0.15) is 0 Å². The number of imidazole rings is 1. The largest absolute Gasteiger partial charge is 0.341 e. The van der Waals surface area contributed by atoms with Gasteiger partial charge in [0.15, 0.2) is 0 Å². The predicted molar refractivity (Wildman–Crippen MR) is 125 cm³/mol. The number of aromatic amines is 1. The molecule has 32 heavy (non-hydrogen) atoms. The van der Waals surface area contributed by atoms with Crippen molar-refractivity contribution in [1.29, 1.82) is 0 Å². The van der Waals surface area contributed by atoms with Crippen LogP contribution in [0.25, 0.3) is 11.4 Å². The van der Waals surface area contributed by atoms with Gasteiger partial charge in [-0.15, -0.1) is 0 Å². The molecule has 2 amide bonds. The van der Waals surface area contributed by atoms with Crippen LogP contribution >= 0.6 is 0 Å². The monoisotopic (exact) mass is 430 g/mol. The van der Waals surface area contributed by atoms with E-state index >= 15 is 0 Å². The average molecular weight is 431 g/mol. The van der Waals surface area contributed by atoms with Gasteiger partial charge in [-0.3, -0.25) is 9.59 Å². The van der Waals surface area contributed by atoms with E-state index in [-0.39, 0.29) is 17.7 Å². The minimum absolute atomic E-state index is 0.0390. The Bertz CT molecular complexity index is 1050. The molecule has 1 aromatic heterocycles. The van der Waals surface area contributed by atoms with Crippen LogP contribution in [0.3, 0.4) is 0 Å². The molecule has 2 aromatic carbocycles. The molecule has 0 atom stereocenters. The zero-order valence-corrected chi connectivity index (χ0v) is 18.8. The first-order valence-electron chi connectivity index (χ1n) is 11.3. The summed E-state index contributed by atoms with van der Waals surface area (Å²) in [5.41, 5.74) is 3.33. The third-order valence-electron chi connectivity index (χ3n) is 6.18. The topological polar surface area (TPSA) is 69.3 Å². The van der Waals surface area contributed by atoms with Crippen LogP contribution in [0.15, 0.2) is 60.7 Å². The number of carbonyl (C=O) groups excluding carboxylic acids is 2. The van der Waals surface area contributed by atoms with E-state index < -0.39 is 0 Å². The van der Waals surface area contributed by atoms with E-state index in [9.17, 15) is 9.59 Å². The lowest BCUT2D eigenvalue weighted by molar-refractivity contribution is -0.137. The fourth-order valence-electron chi connectivity index (χ4n) is 4.29. The molecule has 4 rings (SSSR count). The zero-order chi connectivity index (χ0) is 22.5. The minimum atomic E-state index is -0.0662. The summed E-state index contributed by atoms with van der Waals surface area (Å²) in [4.78, 5) is 37.8. The fraction of sp³-hybridized carbons (Fsp3) is 0.346. The first-order chi connectivity index (χ1) is 15.6. The van der Waals surface area contributed by atoms with E-state index in [1.165, 1.54) is 0 Å². The van der Waals surface area contributed by atoms with Crippen molar-refractivity contribution < 1.29 is 9.59 Å². The Morgan fingerprint density at radius 1 is 1.03 bits per heavy atom. The average Bonchev–Trinajstić information content (AvgIpc) is 3.24. The number of hydrogen-bond donors (Lipinski definition) is 1. The molecule has 166 valence electrons. The van der Waals surface area contributed by atoms with E-state index in [1.807, 2.05) is 84.3 Å². The lowest BCUT2D eigenvalue weighted by Gasteiger charge is -2.34. The number of likely N-dealkylation sites (tertiary alicyclic amines) is 1. The van der Waals surface area contributed by atoms with Crippen LogP contribution in [0, 0.1) is 12.8 Å². The van der Waals surface area contributed by atoms with E-state index in [1.54, 1.807) is 0 Å². The lowest BCUT2D eigenvalue weighted by Crippen LogP contribution is -2.44. The summed E-state index contributed by atoms with van der Waals surface area (Å²) < 4.78 is 0. The first-order valence-corrected chi connectivity index (χ1v) is 11.3. The maximum Gasteiger partial charge on any atom is 0.274 e. The molecule has 1 fully saturated rings. The van der Waals surface area contributed by atoms with Gasteiger partial charge in [-0.1, -0.05) is 60.7 Å². The fourth-order valence-corrected chi connectivity index (χ4v) is 4.29. The van der Waals surface area contributed by atoms with Gasteiger partial charge < -0.3 is 14.8 Å². The molecule has 0 aliphatic carbocycles. The van der Waals surface area contributed by atoms with Crippen molar-refractivity contribution in [3.8, 4) is 11.4 Å². The molecule has 0 spiro atoms. The van der Waals surface area contributed by atoms with Crippen molar-refractivity contribution in [2.75, 3.05) is 19.6 Å². The maximum atomic E-state index is 13.1. The van der Waals surface area contributed by atoms with Crippen molar-refractivity contribution in [3.05, 3.63) is 77.6 Å². The van der Waals surface area contributed by atoms with Crippen molar-refractivity contribution in [2.24, 2.45) is 5.92 Å². The Kier molecular flexibility index (Phi) is 6.69. The Labute approximate surface area is 189 Å². The number of carbonyl (C=O) groups is 2. The maximum absolute atomic E-state index is 13.1. The summed E-state index contributed by atoms with van der Waals surface area (Å²) in [5, 5.41) is 0. The van der Waals surface area contributed by atoms with Crippen LogP contribution in [0.5, 0.6) is 0 Å². The van der Waals surface area contributed by atoms with Crippen LogP contribution in [0.4, 0.5) is 0 Å². The van der Waals surface area contributed by atoms with Crippen molar-refractivity contribution in [3.63, 3.8) is 0 Å². The molecule has 0 bridgehead atoms. The molecule has 1 aliphatic heterocycles. The number of nitrogens with zero attached hydrogens (tertiary/aromatic N) is 3. The quantitative estimate of drug-likeness (QED) is 0.634. The number of rotatable bonds is 6. The molecule has 1 N–H and O–H groups in total. The summed E-state index contributed by atoms with van der Waals surface area (Å²) in [7, 11) is 0. The second-order valence-corrected chi connectivity index (χ2v) is 8.33. The molecule has 2 heterocycles. The van der Waals surface area contributed by atoms with Crippen molar-refractivity contribution in [1.82, 2.24) is 19.8 Å². The Balaban J connectivity index is 1.37. The predicted octanol–water partition coefficient (Wildman–Crippen LogP) is 4.29. The second-order valence-electron chi connectivity index (χ2n) is 8.33. The highest BCUT2D eigenvalue weighted by atomic mass is 16.2. The summed E-state index contributed by atoms with van der Waals surface area (Å²) in [6.45, 7) is 6.36. The molecule has 0 saturated carbocycles. The van der Waals surface area contributed by atoms with Crippen molar-refractivity contribution in [2.45, 2.75) is 33.2 Å². The number of piperidine rings is 1. The standard InChI is InChI=1S/C26H30N4O2/c1-3-29(18-20-10-6-4-7-11-20)25(31)22-14-16-30(17-15-22)26(32)23-19(2)27-24(28-23)21-12-8-5-9-13-21/h4-13,22H,3,14-18H2,1-2H3,(H,27,28). The molecule has 6 nitrogen and oxygen atoms in total. The third-order valence-corrected chi connectivity index (χ3v) is 6.18. The van der Waals surface area contributed by atoms with Crippen LogP contribution in [-0.4, -0.2) is 51.2 Å². The zero-order valence-electron chi connectivity index (χ0n) is 18.8. The summed E-state index contributed by atoms with van der Waals surface area (Å²) in [6.07, 6.45) is 1.37. The number of hydrogen-bond acceptors (Lipinski definition) is 3. The highest BCUT2D eigenvalue weighted by molar-refractivity contribution is 5.94. The Hall–Kier alpha value is -3.41. The number of amides is 2. The van der Waals surface area contributed by atoms with Gasteiger partial charge in [0, 0.05) is 43.4 Å². The molecule has 0 radical (unpaired) electrons. The van der Waals surface area contributed by atoms with Gasteiger partial charge in [0.2, 0.25) is 5.91 Å². The number of nitrogens with one attached hydrogen (secondary N) is 1. The van der Waals surface area contributed by atoms with E-state index in [2.05, 4.69) is 9.97 Å². The second kappa shape index (κ2) is 9.81. The minimum Gasteiger partial charge on any atom is -0.341 e. The van der Waals surface area contributed by atoms with Crippen LogP contribution in [-0.2, 0) is 11.3 Å². The summed E-state index contributed by atoms with van der Waals surface area (Å²) >= 11 is 0. The normalized spacial score (nSPS) is 14.4. The lowest BCUT2D eigenvalue weighted by atomic mass is 9.94. The van der Waals surface area contributed by atoms with Crippen molar-refractivity contribution >= 4 is 11.8 Å². The molecule has 0 unspecified atom stereocenters. The number of H-pyrrole nitrogens is 1. The molecule has 1 saturated heterocycles. The van der Waals surface area contributed by atoms with Gasteiger partial charge in [0.1, 0.15) is 11.5 Å². The Morgan fingerprint density at radius 3 is 2.28 bits per heavy atom. The number of aromatic nitrogens is 2. The molecule has 6 heteroatoms. The summed E-state index contributed by atoms with van der Waals surface area (Å²) in [5.74, 6) is 0.785. The van der Waals surface area contributed by atoms with E-state index in [4.69, 9.17) is 0 Å². The SMILES string of the molecule is CCN(Cc1ccccc1)C(=O)C1CCN(C(=O)c2nc(-c3ccccc3)[nH]c2C)CC1. The van der Waals surface area contributed by atoms with Crippen LogP contribution in [0.2, 0.25) is 0 Å². The molecular formula is C26H30N4O2. The Morgan fingerprint density at radius 2 is 1.66 bits per heavy atom. The van der Waals surface area contributed by atoms with Gasteiger partial charge in [-0.25, -0.2) is 4.98 Å². The van der Waals surface area contributed by atoms with Gasteiger partial charge in [0.25, 0.3) is 5.91 Å². The van der Waals surface area contributed by atoms with E-state index in [0.29, 0.717) is 50.5 Å². The third kappa shape index (κ3) is 4.74.